The Morgan fingerprint density at radius 2 is 1.31 bits per heavy atom. The minimum atomic E-state index is -0.972. The van der Waals surface area contributed by atoms with Crippen LogP contribution in [0.1, 0.15) is 39.0 Å². The molecule has 0 aliphatic heterocycles. The van der Waals surface area contributed by atoms with E-state index < -0.39 is 12.2 Å². The predicted octanol–water partition coefficient (Wildman–Crippen LogP) is 6.32. The Morgan fingerprint density at radius 1 is 0.828 bits per heavy atom. The van der Waals surface area contributed by atoms with Gasteiger partial charge in [0.1, 0.15) is 11.5 Å². The number of hydrogen-bond donors (Lipinski definition) is 1. The number of unbranched alkanes of at least 4 members (excludes halogenated alkanes) is 4. The van der Waals surface area contributed by atoms with Crippen molar-refractivity contribution in [1.29, 1.82) is 5.41 Å². The van der Waals surface area contributed by atoms with Crippen LogP contribution in [0.3, 0.4) is 0 Å². The third-order valence-electron chi connectivity index (χ3n) is 3.95. The Morgan fingerprint density at radius 3 is 1.79 bits per heavy atom. The summed E-state index contributed by atoms with van der Waals surface area (Å²) in [4.78, 5) is 25.8. The zero-order chi connectivity index (χ0) is 20.9. The summed E-state index contributed by atoms with van der Waals surface area (Å²) in [6.45, 7) is 2.15. The van der Waals surface area contributed by atoms with Crippen LogP contribution in [-0.2, 0) is 0 Å². The number of hydrogen-bond acceptors (Lipinski definition) is 6. The molecule has 0 aliphatic carbocycles. The molecule has 2 aromatic rings. The molecule has 0 radical (unpaired) electrons. The minimum Gasteiger partial charge on any atom is -0.410 e. The van der Waals surface area contributed by atoms with Crippen molar-refractivity contribution < 1.29 is 19.1 Å². The first-order valence-corrected chi connectivity index (χ1v) is 10.7. The van der Waals surface area contributed by atoms with E-state index in [1.807, 2.05) is 0 Å². The lowest BCUT2D eigenvalue weighted by atomic mass is 10.2. The topological polar surface area (TPSA) is 79.7 Å². The van der Waals surface area contributed by atoms with Crippen LogP contribution in [0.4, 0.5) is 9.59 Å². The lowest BCUT2D eigenvalue weighted by molar-refractivity contribution is 0.153. The largest absolute Gasteiger partial charge is 0.431 e. The number of thioether (sulfide) groups is 1. The first-order valence-electron chi connectivity index (χ1n) is 9.67. The second kappa shape index (κ2) is 12.6. The third-order valence-corrected chi connectivity index (χ3v) is 4.90. The van der Waals surface area contributed by atoms with Gasteiger partial charge >= 0.3 is 12.2 Å². The van der Waals surface area contributed by atoms with Gasteiger partial charge in [-0.2, -0.15) is 4.90 Å². The molecule has 0 heterocycles. The van der Waals surface area contributed by atoms with Crippen molar-refractivity contribution >= 4 is 29.1 Å². The van der Waals surface area contributed by atoms with E-state index in [9.17, 15) is 9.59 Å². The maximum atomic E-state index is 12.6. The Kier molecular flexibility index (Phi) is 9.78. The van der Waals surface area contributed by atoms with Crippen LogP contribution in [0.25, 0.3) is 0 Å². The first-order chi connectivity index (χ1) is 14.1. The number of para-hydroxylation sites is 2. The fraction of sp³-hybridized carbons (Fsp3) is 0.318. The van der Waals surface area contributed by atoms with Gasteiger partial charge in [-0.05, 0) is 30.7 Å². The molecule has 154 valence electrons. The molecule has 2 rings (SSSR count). The normalized spacial score (nSPS) is 10.2. The van der Waals surface area contributed by atoms with Crippen molar-refractivity contribution in [2.45, 2.75) is 39.0 Å². The molecule has 7 heteroatoms. The summed E-state index contributed by atoms with van der Waals surface area (Å²) in [7, 11) is 0. The highest BCUT2D eigenvalue weighted by molar-refractivity contribution is 8.13. The van der Waals surface area contributed by atoms with Gasteiger partial charge in [0.25, 0.3) is 0 Å². The van der Waals surface area contributed by atoms with E-state index in [0.29, 0.717) is 10.7 Å². The summed E-state index contributed by atoms with van der Waals surface area (Å²) < 4.78 is 10.5. The third kappa shape index (κ3) is 7.99. The molecule has 0 bridgehead atoms. The second-order valence-corrected chi connectivity index (χ2v) is 7.35. The van der Waals surface area contributed by atoms with Crippen LogP contribution in [0.15, 0.2) is 60.7 Å². The molecule has 0 unspecified atom stereocenters. The first kappa shape index (κ1) is 22.5. The number of ether oxygens (including phenoxy) is 2. The van der Waals surface area contributed by atoms with Crippen LogP contribution in [0.5, 0.6) is 11.5 Å². The summed E-state index contributed by atoms with van der Waals surface area (Å²) >= 11 is 1.13. The molecule has 2 aromatic carbocycles. The van der Waals surface area contributed by atoms with Crippen molar-refractivity contribution in [3.05, 3.63) is 60.7 Å². The number of benzene rings is 2. The molecule has 0 atom stereocenters. The molecule has 1 N–H and O–H groups in total. The summed E-state index contributed by atoms with van der Waals surface area (Å²) in [5.74, 6) is 1.20. The number of nitrogens with one attached hydrogen (secondary N) is 1. The lowest BCUT2D eigenvalue weighted by Gasteiger charge is -2.19. The Labute approximate surface area is 175 Å². The molecule has 0 aromatic heterocycles. The molecule has 29 heavy (non-hydrogen) atoms. The number of rotatable bonds is 8. The molecule has 0 saturated heterocycles. The van der Waals surface area contributed by atoms with E-state index in [1.165, 1.54) is 6.42 Å². The fourth-order valence-corrected chi connectivity index (χ4v) is 3.27. The molecule has 6 nitrogen and oxygen atoms in total. The highest BCUT2D eigenvalue weighted by Crippen LogP contribution is 2.18. The summed E-state index contributed by atoms with van der Waals surface area (Å²) in [5.41, 5.74) is 0. The summed E-state index contributed by atoms with van der Waals surface area (Å²) in [6, 6.07) is 16.8. The van der Waals surface area contributed by atoms with Gasteiger partial charge in [-0.15, -0.1) is 0 Å². The Hall–Kier alpha value is -2.80. The number of carbonyl (C=O) groups is 2. The maximum absolute atomic E-state index is 12.6. The van der Waals surface area contributed by atoms with Gasteiger partial charge in [0.2, 0.25) is 0 Å². The number of amides is 2. The van der Waals surface area contributed by atoms with Gasteiger partial charge < -0.3 is 9.47 Å². The average Bonchev–Trinajstić information content (AvgIpc) is 2.72. The van der Waals surface area contributed by atoms with Gasteiger partial charge in [0.05, 0.1) is 0 Å². The summed E-state index contributed by atoms with van der Waals surface area (Å²) in [6.07, 6.45) is 3.50. The van der Waals surface area contributed by atoms with Crippen molar-refractivity contribution in [2.24, 2.45) is 0 Å². The predicted molar refractivity (Wildman–Crippen MR) is 116 cm³/mol. The van der Waals surface area contributed by atoms with Gasteiger partial charge in [0, 0.05) is 5.75 Å². The quantitative estimate of drug-likeness (QED) is 0.310. The molecule has 0 fully saturated rings. The number of imide groups is 1. The number of carbonyl (C=O) groups excluding carboxylic acids is 2. The van der Waals surface area contributed by atoms with Gasteiger partial charge in [0.15, 0.2) is 5.17 Å². The molecule has 0 spiro atoms. The van der Waals surface area contributed by atoms with E-state index in [-0.39, 0.29) is 16.7 Å². The molecule has 0 saturated carbocycles. The zero-order valence-corrected chi connectivity index (χ0v) is 17.3. The fourth-order valence-electron chi connectivity index (χ4n) is 2.45. The monoisotopic (exact) mass is 414 g/mol. The van der Waals surface area contributed by atoms with Crippen LogP contribution in [0.2, 0.25) is 0 Å². The lowest BCUT2D eigenvalue weighted by Crippen LogP contribution is -2.43. The van der Waals surface area contributed by atoms with E-state index in [1.54, 1.807) is 60.7 Å². The second-order valence-electron chi connectivity index (χ2n) is 6.27. The Bertz CT molecular complexity index is 730. The van der Waals surface area contributed by atoms with E-state index in [2.05, 4.69) is 6.92 Å². The average molecular weight is 415 g/mol. The minimum absolute atomic E-state index is 0.220. The number of nitrogens with zero attached hydrogens (tertiary/aromatic N) is 1. The maximum Gasteiger partial charge on any atom is 0.431 e. The molecule has 2 amide bonds. The van der Waals surface area contributed by atoms with Crippen LogP contribution in [-0.4, -0.2) is 28.0 Å². The van der Waals surface area contributed by atoms with Crippen molar-refractivity contribution in [1.82, 2.24) is 4.90 Å². The Balaban J connectivity index is 2.02. The van der Waals surface area contributed by atoms with Crippen LogP contribution in [0, 0.1) is 5.41 Å². The van der Waals surface area contributed by atoms with Crippen LogP contribution < -0.4 is 9.47 Å². The molecular formula is C22H26N2O4S. The highest BCUT2D eigenvalue weighted by Gasteiger charge is 2.30. The van der Waals surface area contributed by atoms with E-state index >= 15 is 0 Å². The van der Waals surface area contributed by atoms with Gasteiger partial charge in [-0.25, -0.2) is 9.59 Å². The summed E-state index contributed by atoms with van der Waals surface area (Å²) in [5, 5.41) is 8.02. The van der Waals surface area contributed by atoms with Crippen LogP contribution >= 0.6 is 11.8 Å². The van der Waals surface area contributed by atoms with E-state index in [4.69, 9.17) is 14.9 Å². The molecular weight excluding hydrogens is 388 g/mol. The molecule has 0 aliphatic rings. The van der Waals surface area contributed by atoms with Gasteiger partial charge in [-0.1, -0.05) is 80.8 Å². The van der Waals surface area contributed by atoms with Crippen molar-refractivity contribution in [3.63, 3.8) is 0 Å². The SMILES string of the molecule is CCCCCCCSC(=N)N(C(=O)Oc1ccccc1)C(=O)Oc1ccccc1. The highest BCUT2D eigenvalue weighted by atomic mass is 32.2. The van der Waals surface area contributed by atoms with Gasteiger partial charge in [-0.3, -0.25) is 5.41 Å². The van der Waals surface area contributed by atoms with Crippen molar-refractivity contribution in [3.8, 4) is 11.5 Å². The smallest absolute Gasteiger partial charge is 0.410 e. The standard InChI is InChI=1S/C22H26N2O4S/c1-2-3-4-5-12-17-29-20(23)24(21(25)27-18-13-8-6-9-14-18)22(26)28-19-15-10-7-11-16-19/h6-11,13-16,23H,2-5,12,17H2,1H3. The van der Waals surface area contributed by atoms with Crippen molar-refractivity contribution in [2.75, 3.05) is 5.75 Å². The zero-order valence-electron chi connectivity index (χ0n) is 16.5. The van der Waals surface area contributed by atoms with E-state index in [0.717, 1.165) is 37.4 Å². The number of amidine groups is 1.